The van der Waals surface area contributed by atoms with Crippen molar-refractivity contribution in [3.05, 3.63) is 60.8 Å². The largest absolute Gasteiger partial charge is 0.275 e. The molecule has 118 valence electrons. The normalized spacial score (nSPS) is 11.5. The molecule has 8 heteroatoms. The molecule has 3 heterocycles. The van der Waals surface area contributed by atoms with E-state index in [4.69, 9.17) is 0 Å². The van der Waals surface area contributed by atoms with E-state index in [-0.39, 0.29) is 11.4 Å². The lowest BCUT2D eigenvalue weighted by molar-refractivity contribution is 0.581. The van der Waals surface area contributed by atoms with Gasteiger partial charge in [0.15, 0.2) is 0 Å². The van der Waals surface area contributed by atoms with E-state index >= 15 is 0 Å². The Balaban J connectivity index is 1.84. The molecule has 0 amide bonds. The Morgan fingerprint density at radius 3 is 2.70 bits per heavy atom. The minimum absolute atomic E-state index is 0.131. The number of hydrogen-bond donors (Lipinski definition) is 1. The summed E-state index contributed by atoms with van der Waals surface area (Å²) in [6.07, 6.45) is 8.04. The molecule has 0 bridgehead atoms. The van der Waals surface area contributed by atoms with Gasteiger partial charge in [-0.1, -0.05) is 6.07 Å². The number of rotatable bonds is 5. The standard InChI is InChI=1S/C15H15N5O2S/c1-20-11-13(8-18-20)15-12(4-2-7-17-15)9-19-23(21,22)14-5-3-6-16-10-14/h2-8,10-11,19H,9H2,1H3. The fraction of sp³-hybridized carbons (Fsp3) is 0.133. The first kappa shape index (κ1) is 15.3. The summed E-state index contributed by atoms with van der Waals surface area (Å²) in [6.45, 7) is 0.134. The van der Waals surface area contributed by atoms with Crippen LogP contribution >= 0.6 is 0 Å². The van der Waals surface area contributed by atoms with Crippen LogP contribution in [-0.2, 0) is 23.6 Å². The summed E-state index contributed by atoms with van der Waals surface area (Å²) in [7, 11) is -1.80. The fourth-order valence-electron chi connectivity index (χ4n) is 2.15. The molecule has 0 spiro atoms. The Morgan fingerprint density at radius 1 is 1.17 bits per heavy atom. The third-order valence-corrected chi connectivity index (χ3v) is 4.65. The molecule has 7 nitrogen and oxygen atoms in total. The lowest BCUT2D eigenvalue weighted by atomic mass is 10.1. The molecule has 0 saturated carbocycles. The molecule has 0 saturated heterocycles. The highest BCUT2D eigenvalue weighted by molar-refractivity contribution is 7.89. The van der Waals surface area contributed by atoms with Gasteiger partial charge in [-0.05, 0) is 23.8 Å². The first-order valence-electron chi connectivity index (χ1n) is 6.89. The average molecular weight is 329 g/mol. The van der Waals surface area contributed by atoms with Crippen molar-refractivity contribution in [2.24, 2.45) is 7.05 Å². The monoisotopic (exact) mass is 329 g/mol. The molecule has 0 radical (unpaired) electrons. The molecular weight excluding hydrogens is 314 g/mol. The lowest BCUT2D eigenvalue weighted by Crippen LogP contribution is -2.23. The van der Waals surface area contributed by atoms with Crippen molar-refractivity contribution in [3.63, 3.8) is 0 Å². The van der Waals surface area contributed by atoms with E-state index in [1.54, 1.807) is 29.2 Å². The summed E-state index contributed by atoms with van der Waals surface area (Å²) in [6, 6.07) is 6.69. The Kier molecular flexibility index (Phi) is 4.18. The van der Waals surface area contributed by atoms with Crippen LogP contribution in [0.5, 0.6) is 0 Å². The van der Waals surface area contributed by atoms with Crippen LogP contribution in [0.1, 0.15) is 5.56 Å². The second-order valence-corrected chi connectivity index (χ2v) is 6.69. The van der Waals surface area contributed by atoms with Crippen molar-refractivity contribution in [2.75, 3.05) is 0 Å². The summed E-state index contributed by atoms with van der Waals surface area (Å²) < 4.78 is 28.8. The third kappa shape index (κ3) is 3.43. The van der Waals surface area contributed by atoms with Crippen molar-refractivity contribution in [1.29, 1.82) is 0 Å². The molecule has 3 rings (SSSR count). The van der Waals surface area contributed by atoms with Crippen LogP contribution in [0.2, 0.25) is 0 Å². The van der Waals surface area contributed by atoms with Crippen molar-refractivity contribution >= 4 is 10.0 Å². The van der Waals surface area contributed by atoms with Gasteiger partial charge in [-0.15, -0.1) is 0 Å². The molecule has 0 unspecified atom stereocenters. The zero-order valence-electron chi connectivity index (χ0n) is 12.4. The molecule has 0 aromatic carbocycles. The number of pyridine rings is 2. The molecule has 0 aliphatic rings. The topological polar surface area (TPSA) is 89.8 Å². The smallest absolute Gasteiger partial charge is 0.242 e. The highest BCUT2D eigenvalue weighted by Crippen LogP contribution is 2.20. The summed E-state index contributed by atoms with van der Waals surface area (Å²) in [5.41, 5.74) is 2.31. The molecule has 23 heavy (non-hydrogen) atoms. The van der Waals surface area contributed by atoms with Gasteiger partial charge in [-0.2, -0.15) is 5.10 Å². The zero-order valence-corrected chi connectivity index (χ0v) is 13.2. The molecule has 1 N–H and O–H groups in total. The maximum absolute atomic E-state index is 12.3. The molecule has 0 aliphatic carbocycles. The van der Waals surface area contributed by atoms with Crippen LogP contribution in [0.4, 0.5) is 0 Å². The molecule has 0 fully saturated rings. The van der Waals surface area contributed by atoms with Crippen LogP contribution in [0.15, 0.2) is 60.1 Å². The fourth-order valence-corrected chi connectivity index (χ4v) is 3.12. The van der Waals surface area contributed by atoms with Crippen molar-refractivity contribution in [1.82, 2.24) is 24.5 Å². The van der Waals surface area contributed by atoms with Gasteiger partial charge in [0, 0.05) is 43.9 Å². The second-order valence-electron chi connectivity index (χ2n) is 4.93. The van der Waals surface area contributed by atoms with E-state index < -0.39 is 10.0 Å². The van der Waals surface area contributed by atoms with E-state index in [0.29, 0.717) is 5.69 Å². The minimum atomic E-state index is -3.61. The van der Waals surface area contributed by atoms with Crippen molar-refractivity contribution < 1.29 is 8.42 Å². The van der Waals surface area contributed by atoms with E-state index in [9.17, 15) is 8.42 Å². The predicted molar refractivity (Wildman–Crippen MR) is 84.7 cm³/mol. The number of nitrogens with one attached hydrogen (secondary N) is 1. The molecule has 0 atom stereocenters. The van der Waals surface area contributed by atoms with Crippen LogP contribution in [-0.4, -0.2) is 28.2 Å². The number of hydrogen-bond acceptors (Lipinski definition) is 5. The first-order valence-corrected chi connectivity index (χ1v) is 8.37. The van der Waals surface area contributed by atoms with Gasteiger partial charge in [0.2, 0.25) is 10.0 Å². The highest BCUT2D eigenvalue weighted by Gasteiger charge is 2.15. The van der Waals surface area contributed by atoms with Gasteiger partial charge in [0.05, 0.1) is 11.9 Å². The van der Waals surface area contributed by atoms with Gasteiger partial charge in [-0.3, -0.25) is 14.6 Å². The second kappa shape index (κ2) is 6.27. The van der Waals surface area contributed by atoms with Gasteiger partial charge in [0.1, 0.15) is 4.90 Å². The van der Waals surface area contributed by atoms with Gasteiger partial charge in [0.25, 0.3) is 0 Å². The minimum Gasteiger partial charge on any atom is -0.275 e. The Labute approximate surface area is 134 Å². The van der Waals surface area contributed by atoms with Crippen LogP contribution in [0, 0.1) is 0 Å². The molecular formula is C15H15N5O2S. The first-order chi connectivity index (χ1) is 11.1. The summed E-state index contributed by atoms with van der Waals surface area (Å²) in [4.78, 5) is 8.30. The Morgan fingerprint density at radius 2 is 2.00 bits per heavy atom. The number of sulfonamides is 1. The molecule has 0 aliphatic heterocycles. The number of aromatic nitrogens is 4. The van der Waals surface area contributed by atoms with E-state index in [2.05, 4.69) is 19.8 Å². The van der Waals surface area contributed by atoms with Crippen molar-refractivity contribution in [2.45, 2.75) is 11.4 Å². The van der Waals surface area contributed by atoms with E-state index in [0.717, 1.165) is 11.1 Å². The van der Waals surface area contributed by atoms with Crippen LogP contribution in [0.25, 0.3) is 11.3 Å². The van der Waals surface area contributed by atoms with E-state index in [1.165, 1.54) is 18.5 Å². The summed E-state index contributed by atoms with van der Waals surface area (Å²) in [5, 5.41) is 4.12. The van der Waals surface area contributed by atoms with Crippen molar-refractivity contribution in [3.8, 4) is 11.3 Å². The van der Waals surface area contributed by atoms with Gasteiger partial charge < -0.3 is 0 Å². The van der Waals surface area contributed by atoms with Crippen LogP contribution < -0.4 is 4.72 Å². The number of nitrogens with zero attached hydrogens (tertiary/aromatic N) is 4. The average Bonchev–Trinajstić information content (AvgIpc) is 3.00. The number of aryl methyl sites for hydroxylation is 1. The highest BCUT2D eigenvalue weighted by atomic mass is 32.2. The quantitative estimate of drug-likeness (QED) is 0.763. The third-order valence-electron chi connectivity index (χ3n) is 3.27. The predicted octanol–water partition coefficient (Wildman–Crippen LogP) is 1.36. The summed E-state index contributed by atoms with van der Waals surface area (Å²) in [5.74, 6) is 0. The zero-order chi connectivity index (χ0) is 16.3. The molecule has 3 aromatic rings. The van der Waals surface area contributed by atoms with Gasteiger partial charge in [-0.25, -0.2) is 13.1 Å². The Hall–Kier alpha value is -2.58. The van der Waals surface area contributed by atoms with E-state index in [1.807, 2.05) is 19.3 Å². The lowest BCUT2D eigenvalue weighted by Gasteiger charge is -2.09. The summed E-state index contributed by atoms with van der Waals surface area (Å²) >= 11 is 0. The molecule has 3 aromatic heterocycles. The maximum atomic E-state index is 12.3. The van der Waals surface area contributed by atoms with Crippen LogP contribution in [0.3, 0.4) is 0 Å². The Bertz CT molecular complexity index is 906. The maximum Gasteiger partial charge on any atom is 0.242 e. The van der Waals surface area contributed by atoms with Gasteiger partial charge >= 0.3 is 0 Å². The SMILES string of the molecule is Cn1cc(-c2ncccc2CNS(=O)(=O)c2cccnc2)cn1.